The van der Waals surface area contributed by atoms with E-state index in [2.05, 4.69) is 9.67 Å². The number of benzene rings is 2. The van der Waals surface area contributed by atoms with Crippen LogP contribution >= 0.6 is 11.6 Å². The number of ether oxygens (including phenoxy) is 4. The number of aromatic nitrogens is 4. The number of hydrogen-bond donors (Lipinski definition) is 0. The lowest BCUT2D eigenvalue weighted by Gasteiger charge is -2.25. The van der Waals surface area contributed by atoms with Gasteiger partial charge in [-0.3, -0.25) is 9.25 Å². The van der Waals surface area contributed by atoms with E-state index in [0.717, 1.165) is 34.0 Å². The second-order valence-electron chi connectivity index (χ2n) is 9.27. The third-order valence-corrected chi connectivity index (χ3v) is 7.19. The van der Waals surface area contributed by atoms with Crippen LogP contribution in [0.1, 0.15) is 64.2 Å². The highest BCUT2D eigenvalue weighted by molar-refractivity contribution is 6.30. The fraction of sp³-hybridized carbons (Fsp3) is 0.345. The minimum Gasteiger partial charge on any atom is -0.493 e. The molecule has 39 heavy (non-hydrogen) atoms. The maximum absolute atomic E-state index is 12.1. The van der Waals surface area contributed by atoms with Gasteiger partial charge in [0.25, 0.3) is 0 Å². The number of nitrogens with zero attached hydrogens (tertiary/aromatic N) is 4. The van der Waals surface area contributed by atoms with Crippen molar-refractivity contribution in [3.8, 4) is 17.2 Å². The van der Waals surface area contributed by atoms with Crippen molar-refractivity contribution in [2.75, 3.05) is 20.8 Å². The Labute approximate surface area is 232 Å². The van der Waals surface area contributed by atoms with Crippen LogP contribution in [0.4, 0.5) is 0 Å². The number of para-hydroxylation sites is 1. The summed E-state index contributed by atoms with van der Waals surface area (Å²) in [5.41, 5.74) is 4.99. The highest BCUT2D eigenvalue weighted by atomic mass is 35.5. The molecule has 0 fully saturated rings. The van der Waals surface area contributed by atoms with Gasteiger partial charge in [-0.2, -0.15) is 5.10 Å². The summed E-state index contributed by atoms with van der Waals surface area (Å²) in [6.07, 6.45) is 2.81. The van der Waals surface area contributed by atoms with E-state index >= 15 is 0 Å². The van der Waals surface area contributed by atoms with E-state index in [4.69, 9.17) is 35.5 Å². The molecule has 9 nitrogen and oxygen atoms in total. The Morgan fingerprint density at radius 3 is 2.69 bits per heavy atom. The van der Waals surface area contributed by atoms with Crippen molar-refractivity contribution >= 4 is 17.6 Å². The summed E-state index contributed by atoms with van der Waals surface area (Å²) in [6.45, 7) is 6.62. The molecule has 0 saturated carbocycles. The van der Waals surface area contributed by atoms with Crippen LogP contribution in [-0.4, -0.2) is 46.1 Å². The average Bonchev–Trinajstić information content (AvgIpc) is 3.49. The summed E-state index contributed by atoms with van der Waals surface area (Å²) < 4.78 is 27.3. The van der Waals surface area contributed by atoms with Crippen molar-refractivity contribution in [2.45, 2.75) is 45.9 Å². The van der Waals surface area contributed by atoms with Crippen LogP contribution in [0.15, 0.2) is 48.8 Å². The maximum Gasteiger partial charge on any atom is 0.341 e. The molecule has 10 heteroatoms. The molecule has 0 N–H and O–H groups in total. The Hall–Kier alpha value is -3.82. The van der Waals surface area contributed by atoms with Gasteiger partial charge in [0.15, 0.2) is 11.5 Å². The first kappa shape index (κ1) is 26.8. The summed E-state index contributed by atoms with van der Waals surface area (Å²) in [4.78, 5) is 17.1. The molecule has 2 atom stereocenters. The number of rotatable bonds is 8. The molecule has 2 unspecified atom stereocenters. The first-order valence-corrected chi connectivity index (χ1v) is 13.2. The van der Waals surface area contributed by atoms with Crippen LogP contribution in [0, 0.1) is 13.8 Å². The topological polar surface area (TPSA) is 89.6 Å². The number of carbonyl (C=O) groups is 1. The van der Waals surface area contributed by atoms with Gasteiger partial charge in [0.2, 0.25) is 0 Å². The number of methoxy groups -OCH3 is 2. The van der Waals surface area contributed by atoms with E-state index in [1.807, 2.05) is 50.2 Å². The smallest absolute Gasteiger partial charge is 0.341 e. The van der Waals surface area contributed by atoms with E-state index in [9.17, 15) is 4.79 Å². The molecule has 0 radical (unpaired) electrons. The highest BCUT2D eigenvalue weighted by Gasteiger charge is 2.35. The summed E-state index contributed by atoms with van der Waals surface area (Å²) >= 11 is 6.53. The molecule has 0 aliphatic carbocycles. The lowest BCUT2D eigenvalue weighted by atomic mass is 9.98. The molecule has 0 spiro atoms. The molecule has 0 amide bonds. The van der Waals surface area contributed by atoms with Gasteiger partial charge in [0.05, 0.1) is 44.0 Å². The van der Waals surface area contributed by atoms with Gasteiger partial charge < -0.3 is 18.9 Å². The SMILES string of the molecule is CCOC(=O)c1cnn(CCC2OC(c3cccc(OC)c3OC)c3cc(Cl)ccc3-n3c2nc(C)c3C)c1. The third-order valence-electron chi connectivity index (χ3n) is 6.95. The Morgan fingerprint density at radius 2 is 1.95 bits per heavy atom. The number of fused-ring (bicyclic) bond motifs is 3. The number of esters is 1. The van der Waals surface area contributed by atoms with Crippen LogP contribution in [0.5, 0.6) is 11.5 Å². The normalized spacial score (nSPS) is 16.3. The Bertz CT molecular complexity index is 1510. The van der Waals surface area contributed by atoms with Gasteiger partial charge in [0, 0.05) is 41.0 Å². The molecule has 1 aliphatic heterocycles. The van der Waals surface area contributed by atoms with Crippen molar-refractivity contribution < 1.29 is 23.7 Å². The first-order chi connectivity index (χ1) is 18.9. The number of imidazole rings is 1. The van der Waals surface area contributed by atoms with Crippen molar-refractivity contribution in [1.29, 1.82) is 0 Å². The fourth-order valence-electron chi connectivity index (χ4n) is 5.01. The molecule has 0 saturated heterocycles. The third kappa shape index (κ3) is 4.99. The molecule has 204 valence electrons. The van der Waals surface area contributed by atoms with Crippen molar-refractivity contribution in [2.24, 2.45) is 0 Å². The lowest BCUT2D eigenvalue weighted by Crippen LogP contribution is -2.15. The summed E-state index contributed by atoms with van der Waals surface area (Å²) in [7, 11) is 3.23. The van der Waals surface area contributed by atoms with Crippen molar-refractivity contribution in [1.82, 2.24) is 19.3 Å². The van der Waals surface area contributed by atoms with Gasteiger partial charge in [-0.25, -0.2) is 9.78 Å². The molecule has 4 aromatic rings. The second kappa shape index (κ2) is 11.1. The Kier molecular flexibility index (Phi) is 7.63. The van der Waals surface area contributed by atoms with E-state index in [1.165, 1.54) is 6.20 Å². The second-order valence-corrected chi connectivity index (χ2v) is 9.70. The predicted molar refractivity (Wildman–Crippen MR) is 146 cm³/mol. The van der Waals surface area contributed by atoms with Gasteiger partial charge in [0.1, 0.15) is 18.0 Å². The number of carbonyl (C=O) groups excluding carboxylic acids is 1. The Balaban J connectivity index is 1.59. The molecule has 3 heterocycles. The first-order valence-electron chi connectivity index (χ1n) is 12.8. The van der Waals surface area contributed by atoms with Crippen LogP contribution in [-0.2, 0) is 16.0 Å². The number of halogens is 1. The zero-order valence-electron chi connectivity index (χ0n) is 22.6. The van der Waals surface area contributed by atoms with E-state index < -0.39 is 18.2 Å². The number of aryl methyl sites for hydroxylation is 2. The summed E-state index contributed by atoms with van der Waals surface area (Å²) in [5, 5.41) is 4.96. The molecule has 0 bridgehead atoms. The van der Waals surface area contributed by atoms with Gasteiger partial charge in [-0.05, 0) is 45.0 Å². The molecular formula is C29H31ClN4O5. The predicted octanol–water partition coefficient (Wildman–Crippen LogP) is 5.78. The standard InChI is InChI=1S/C29H31ClN4O5/c1-6-38-29(35)19-15-31-33(16-19)13-12-25-28-32-17(2)18(3)34(28)23-11-10-20(30)14-22(23)26(39-25)21-8-7-9-24(36-4)27(21)37-5/h7-11,14-16,25-26H,6,12-13H2,1-5H3. The minimum atomic E-state index is -0.525. The minimum absolute atomic E-state index is 0.307. The number of hydrogen-bond acceptors (Lipinski definition) is 7. The molecular weight excluding hydrogens is 520 g/mol. The zero-order chi connectivity index (χ0) is 27.7. The average molecular weight is 551 g/mol. The quantitative estimate of drug-likeness (QED) is 0.257. The molecule has 2 aromatic carbocycles. The highest BCUT2D eigenvalue weighted by Crippen LogP contribution is 2.46. The zero-order valence-corrected chi connectivity index (χ0v) is 23.4. The monoisotopic (exact) mass is 550 g/mol. The largest absolute Gasteiger partial charge is 0.493 e. The van der Waals surface area contributed by atoms with Crippen LogP contribution < -0.4 is 9.47 Å². The van der Waals surface area contributed by atoms with Crippen LogP contribution in [0.3, 0.4) is 0 Å². The Morgan fingerprint density at radius 1 is 1.13 bits per heavy atom. The van der Waals surface area contributed by atoms with E-state index in [-0.39, 0.29) is 0 Å². The summed E-state index contributed by atoms with van der Waals surface area (Å²) in [5.74, 6) is 1.59. The van der Waals surface area contributed by atoms with Crippen LogP contribution in [0.2, 0.25) is 5.02 Å². The van der Waals surface area contributed by atoms with Crippen molar-refractivity contribution in [3.63, 3.8) is 0 Å². The van der Waals surface area contributed by atoms with Gasteiger partial charge in [-0.1, -0.05) is 23.7 Å². The summed E-state index contributed by atoms with van der Waals surface area (Å²) in [6, 6.07) is 11.5. The van der Waals surface area contributed by atoms with Gasteiger partial charge >= 0.3 is 5.97 Å². The van der Waals surface area contributed by atoms with Gasteiger partial charge in [-0.15, -0.1) is 0 Å². The lowest BCUT2D eigenvalue weighted by molar-refractivity contribution is -0.00415. The molecule has 5 rings (SSSR count). The van der Waals surface area contributed by atoms with E-state index in [0.29, 0.717) is 41.7 Å². The van der Waals surface area contributed by atoms with Crippen LogP contribution in [0.25, 0.3) is 5.69 Å². The van der Waals surface area contributed by atoms with E-state index in [1.54, 1.807) is 32.0 Å². The molecule has 2 aromatic heterocycles. The molecule has 1 aliphatic rings. The fourth-order valence-corrected chi connectivity index (χ4v) is 5.19. The van der Waals surface area contributed by atoms with Crippen molar-refractivity contribution in [3.05, 3.63) is 87.7 Å². The maximum atomic E-state index is 12.1.